The van der Waals surface area contributed by atoms with Crippen molar-refractivity contribution in [3.8, 4) is 5.75 Å². The molecule has 4 rings (SSSR count). The molecule has 9 nitrogen and oxygen atoms in total. The molecule has 10 heteroatoms. The zero-order valence-corrected chi connectivity index (χ0v) is 18.2. The molecule has 1 aliphatic rings. The largest absolute Gasteiger partial charge is 0.489 e. The molecule has 0 aromatic heterocycles. The van der Waals surface area contributed by atoms with E-state index in [1.807, 2.05) is 12.1 Å². The van der Waals surface area contributed by atoms with Crippen molar-refractivity contribution >= 4 is 46.9 Å². The lowest BCUT2D eigenvalue weighted by atomic mass is 10.1. The van der Waals surface area contributed by atoms with Crippen molar-refractivity contribution < 1.29 is 24.0 Å². The maximum absolute atomic E-state index is 12.9. The fourth-order valence-corrected chi connectivity index (χ4v) is 3.32. The van der Waals surface area contributed by atoms with Gasteiger partial charge < -0.3 is 4.74 Å². The third-order valence-electron chi connectivity index (χ3n) is 4.93. The fourth-order valence-electron chi connectivity index (χ4n) is 3.19. The standard InChI is InChI=1S/C24H16ClN3O6/c25-17-5-1-16(2-6-17)14-34-20-11-3-15(4-12-20)13-21-22(29)26-24(31)27(23(21)30)18-7-9-19(10-8-18)28(32)33/h1-13H,14H2,(H,26,29,31). The van der Waals surface area contributed by atoms with Gasteiger partial charge in [-0.15, -0.1) is 0 Å². The Kier molecular flexibility index (Phi) is 6.37. The van der Waals surface area contributed by atoms with Gasteiger partial charge in [-0.25, -0.2) is 9.69 Å². The van der Waals surface area contributed by atoms with Crippen LogP contribution in [0.4, 0.5) is 16.2 Å². The Morgan fingerprint density at radius 1 is 0.941 bits per heavy atom. The molecule has 34 heavy (non-hydrogen) atoms. The van der Waals surface area contributed by atoms with Crippen LogP contribution < -0.4 is 15.0 Å². The molecule has 0 bridgehead atoms. The van der Waals surface area contributed by atoms with E-state index in [1.165, 1.54) is 30.3 Å². The maximum Gasteiger partial charge on any atom is 0.335 e. The van der Waals surface area contributed by atoms with E-state index in [9.17, 15) is 24.5 Å². The number of hydrogen-bond donors (Lipinski definition) is 1. The van der Waals surface area contributed by atoms with Crippen LogP contribution in [0.3, 0.4) is 0 Å². The highest BCUT2D eigenvalue weighted by Crippen LogP contribution is 2.25. The molecular formula is C24H16ClN3O6. The van der Waals surface area contributed by atoms with E-state index in [2.05, 4.69) is 5.32 Å². The van der Waals surface area contributed by atoms with E-state index in [4.69, 9.17) is 16.3 Å². The second kappa shape index (κ2) is 9.55. The number of anilines is 1. The molecule has 0 atom stereocenters. The second-order valence-corrected chi connectivity index (χ2v) is 7.65. The monoisotopic (exact) mass is 477 g/mol. The van der Waals surface area contributed by atoms with Gasteiger partial charge in [0.1, 0.15) is 17.9 Å². The van der Waals surface area contributed by atoms with Crippen LogP contribution >= 0.6 is 11.6 Å². The smallest absolute Gasteiger partial charge is 0.335 e. The summed E-state index contributed by atoms with van der Waals surface area (Å²) >= 11 is 5.87. The van der Waals surface area contributed by atoms with Crippen LogP contribution in [0, 0.1) is 10.1 Å². The molecule has 0 unspecified atom stereocenters. The number of barbiturate groups is 1. The highest BCUT2D eigenvalue weighted by molar-refractivity contribution is 6.39. The van der Waals surface area contributed by atoms with E-state index in [0.29, 0.717) is 22.9 Å². The van der Waals surface area contributed by atoms with Crippen molar-refractivity contribution in [2.45, 2.75) is 6.61 Å². The average molecular weight is 478 g/mol. The van der Waals surface area contributed by atoms with E-state index in [0.717, 1.165) is 10.5 Å². The number of nitro benzene ring substituents is 1. The normalized spacial score (nSPS) is 14.8. The number of nitrogens with one attached hydrogen (secondary N) is 1. The lowest BCUT2D eigenvalue weighted by Gasteiger charge is -2.26. The van der Waals surface area contributed by atoms with Gasteiger partial charge in [-0.05, 0) is 53.6 Å². The van der Waals surface area contributed by atoms with Gasteiger partial charge in [-0.3, -0.25) is 25.0 Å². The van der Waals surface area contributed by atoms with Gasteiger partial charge >= 0.3 is 6.03 Å². The topological polar surface area (TPSA) is 119 Å². The van der Waals surface area contributed by atoms with E-state index in [1.54, 1.807) is 36.4 Å². The summed E-state index contributed by atoms with van der Waals surface area (Å²) in [6.45, 7) is 0.338. The molecule has 1 N–H and O–H groups in total. The van der Waals surface area contributed by atoms with Crippen molar-refractivity contribution in [1.82, 2.24) is 5.32 Å². The number of benzene rings is 3. The fraction of sp³-hybridized carbons (Fsp3) is 0.0417. The number of nitrogens with zero attached hydrogens (tertiary/aromatic N) is 2. The summed E-state index contributed by atoms with van der Waals surface area (Å²) in [6.07, 6.45) is 1.35. The van der Waals surface area contributed by atoms with Crippen LogP contribution in [-0.2, 0) is 16.2 Å². The lowest BCUT2D eigenvalue weighted by molar-refractivity contribution is -0.384. The number of amides is 4. The lowest BCUT2D eigenvalue weighted by Crippen LogP contribution is -2.54. The predicted octanol–water partition coefficient (Wildman–Crippen LogP) is 4.49. The molecule has 3 aromatic carbocycles. The first-order valence-corrected chi connectivity index (χ1v) is 10.3. The van der Waals surface area contributed by atoms with Crippen LogP contribution in [-0.4, -0.2) is 22.8 Å². The molecule has 0 radical (unpaired) electrons. The third-order valence-corrected chi connectivity index (χ3v) is 5.18. The summed E-state index contributed by atoms with van der Waals surface area (Å²) in [5.41, 5.74) is 1.12. The number of hydrogen-bond acceptors (Lipinski definition) is 6. The highest BCUT2D eigenvalue weighted by atomic mass is 35.5. The predicted molar refractivity (Wildman–Crippen MR) is 124 cm³/mol. The number of ether oxygens (including phenoxy) is 1. The molecule has 0 spiro atoms. The quantitative estimate of drug-likeness (QED) is 0.242. The Morgan fingerprint density at radius 2 is 1.59 bits per heavy atom. The molecule has 0 aliphatic carbocycles. The van der Waals surface area contributed by atoms with Crippen molar-refractivity contribution in [2.75, 3.05) is 4.90 Å². The van der Waals surface area contributed by atoms with E-state index in [-0.39, 0.29) is 16.9 Å². The Morgan fingerprint density at radius 3 is 2.21 bits per heavy atom. The number of nitro groups is 1. The molecule has 0 saturated carbocycles. The van der Waals surface area contributed by atoms with Gasteiger partial charge in [0.25, 0.3) is 17.5 Å². The summed E-state index contributed by atoms with van der Waals surface area (Å²) in [7, 11) is 0. The zero-order valence-electron chi connectivity index (χ0n) is 17.4. The van der Waals surface area contributed by atoms with Crippen molar-refractivity contribution in [2.24, 2.45) is 0 Å². The van der Waals surface area contributed by atoms with Gasteiger partial charge in [-0.1, -0.05) is 35.9 Å². The first-order valence-electron chi connectivity index (χ1n) is 9.95. The van der Waals surface area contributed by atoms with Gasteiger partial charge in [0, 0.05) is 17.2 Å². The summed E-state index contributed by atoms with van der Waals surface area (Å²) in [5, 5.41) is 13.6. The zero-order chi connectivity index (χ0) is 24.2. The summed E-state index contributed by atoms with van der Waals surface area (Å²) in [6, 6.07) is 17.9. The Labute approximate surface area is 198 Å². The number of urea groups is 1. The second-order valence-electron chi connectivity index (χ2n) is 7.22. The Balaban J connectivity index is 1.51. The van der Waals surface area contributed by atoms with Gasteiger partial charge in [0.05, 0.1) is 10.6 Å². The first kappa shape index (κ1) is 22.7. The maximum atomic E-state index is 12.9. The van der Waals surface area contributed by atoms with Crippen LogP contribution in [0.1, 0.15) is 11.1 Å². The number of carbonyl (C=O) groups excluding carboxylic acids is 3. The molecule has 1 heterocycles. The molecule has 4 amide bonds. The van der Waals surface area contributed by atoms with Crippen LogP contribution in [0.25, 0.3) is 6.08 Å². The molecular weight excluding hydrogens is 462 g/mol. The number of carbonyl (C=O) groups is 3. The Bertz CT molecular complexity index is 1300. The number of halogens is 1. The summed E-state index contributed by atoms with van der Waals surface area (Å²) in [5.74, 6) is -1.10. The van der Waals surface area contributed by atoms with Gasteiger partial charge in [0.15, 0.2) is 0 Å². The third kappa shape index (κ3) is 4.94. The number of non-ortho nitro benzene ring substituents is 1. The minimum atomic E-state index is -0.938. The van der Waals surface area contributed by atoms with E-state index >= 15 is 0 Å². The minimum Gasteiger partial charge on any atom is -0.489 e. The summed E-state index contributed by atoms with van der Waals surface area (Å²) < 4.78 is 5.72. The first-order chi connectivity index (χ1) is 16.3. The Hall–Kier alpha value is -4.50. The molecule has 170 valence electrons. The van der Waals surface area contributed by atoms with Gasteiger partial charge in [-0.2, -0.15) is 0 Å². The summed E-state index contributed by atoms with van der Waals surface area (Å²) in [4.78, 5) is 48.5. The van der Waals surface area contributed by atoms with Crippen molar-refractivity contribution in [3.63, 3.8) is 0 Å². The molecule has 1 fully saturated rings. The van der Waals surface area contributed by atoms with Crippen LogP contribution in [0.15, 0.2) is 78.4 Å². The van der Waals surface area contributed by atoms with Crippen molar-refractivity contribution in [3.05, 3.63) is 105 Å². The highest BCUT2D eigenvalue weighted by Gasteiger charge is 2.36. The minimum absolute atomic E-state index is 0.0949. The van der Waals surface area contributed by atoms with Gasteiger partial charge in [0.2, 0.25) is 0 Å². The van der Waals surface area contributed by atoms with Crippen LogP contribution in [0.2, 0.25) is 5.02 Å². The van der Waals surface area contributed by atoms with Crippen LogP contribution in [0.5, 0.6) is 5.75 Å². The number of imide groups is 2. The van der Waals surface area contributed by atoms with E-state index < -0.39 is 22.8 Å². The molecule has 1 saturated heterocycles. The SMILES string of the molecule is O=C1NC(=O)N(c2ccc([N+](=O)[O-])cc2)C(=O)C1=Cc1ccc(OCc2ccc(Cl)cc2)cc1. The van der Waals surface area contributed by atoms with Crippen molar-refractivity contribution in [1.29, 1.82) is 0 Å². The number of rotatable bonds is 6. The average Bonchev–Trinajstić information content (AvgIpc) is 2.82. The molecule has 3 aromatic rings. The molecule has 1 aliphatic heterocycles.